The van der Waals surface area contributed by atoms with Crippen LogP contribution < -0.4 is 5.56 Å². The van der Waals surface area contributed by atoms with Crippen LogP contribution in [0.5, 0.6) is 5.75 Å². The van der Waals surface area contributed by atoms with Crippen molar-refractivity contribution in [3.05, 3.63) is 44.0 Å². The molecule has 0 amide bonds. The van der Waals surface area contributed by atoms with E-state index < -0.39 is 27.7 Å². The normalized spacial score (nSPS) is 10.8. The third-order valence-electron chi connectivity index (χ3n) is 2.86. The molecule has 0 unspecified atom stereocenters. The van der Waals surface area contributed by atoms with Crippen molar-refractivity contribution in [3.63, 3.8) is 0 Å². The average Bonchev–Trinajstić information content (AvgIpc) is 2.34. The molecule has 19 heavy (non-hydrogen) atoms. The van der Waals surface area contributed by atoms with Gasteiger partial charge in [-0.1, -0.05) is 13.3 Å². The van der Waals surface area contributed by atoms with E-state index in [2.05, 4.69) is 4.98 Å². The van der Waals surface area contributed by atoms with Gasteiger partial charge in [-0.15, -0.1) is 0 Å². The van der Waals surface area contributed by atoms with E-state index in [9.17, 15) is 24.4 Å². The highest BCUT2D eigenvalue weighted by Gasteiger charge is 2.24. The standard InChI is InChI=1S/C12H11FN2O4/c1-2-3-6-11(16)9-8(14-12(6)17)5-4-7(13)10(9)15(18)19/h4-5H,2-3H2,1H3,(H2,14,16,17). The molecule has 0 fully saturated rings. The molecule has 0 radical (unpaired) electrons. The maximum Gasteiger partial charge on any atom is 0.317 e. The number of H-pyrrole nitrogens is 1. The van der Waals surface area contributed by atoms with E-state index in [0.717, 1.165) is 6.07 Å². The van der Waals surface area contributed by atoms with Gasteiger partial charge in [0.15, 0.2) is 0 Å². The molecule has 1 aromatic carbocycles. The molecule has 0 saturated heterocycles. The molecular weight excluding hydrogens is 255 g/mol. The minimum atomic E-state index is -1.05. The Morgan fingerprint density at radius 1 is 1.47 bits per heavy atom. The van der Waals surface area contributed by atoms with Crippen LogP contribution in [0.1, 0.15) is 18.9 Å². The molecule has 0 aliphatic carbocycles. The summed E-state index contributed by atoms with van der Waals surface area (Å²) in [4.78, 5) is 24.1. The maximum atomic E-state index is 13.5. The molecular formula is C12H11FN2O4. The van der Waals surface area contributed by atoms with Gasteiger partial charge in [0.1, 0.15) is 11.1 Å². The van der Waals surface area contributed by atoms with Crippen molar-refractivity contribution in [3.8, 4) is 5.75 Å². The summed E-state index contributed by atoms with van der Waals surface area (Å²) in [5, 5.41) is 20.7. The van der Waals surface area contributed by atoms with Crippen molar-refractivity contribution < 1.29 is 14.4 Å². The summed E-state index contributed by atoms with van der Waals surface area (Å²) < 4.78 is 13.5. The first-order valence-corrected chi connectivity index (χ1v) is 5.68. The van der Waals surface area contributed by atoms with Gasteiger partial charge in [-0.25, -0.2) is 0 Å². The van der Waals surface area contributed by atoms with Crippen LogP contribution in [-0.4, -0.2) is 15.0 Å². The number of nitro benzene ring substituents is 1. The molecule has 1 aromatic heterocycles. The van der Waals surface area contributed by atoms with Gasteiger partial charge in [0.2, 0.25) is 5.82 Å². The Labute approximate surface area is 106 Å². The zero-order valence-electron chi connectivity index (χ0n) is 10.1. The molecule has 0 saturated carbocycles. The largest absolute Gasteiger partial charge is 0.506 e. The average molecular weight is 266 g/mol. The molecule has 0 spiro atoms. The lowest BCUT2D eigenvalue weighted by molar-refractivity contribution is -0.385. The van der Waals surface area contributed by atoms with Crippen molar-refractivity contribution >= 4 is 16.6 Å². The van der Waals surface area contributed by atoms with Crippen molar-refractivity contribution in [2.45, 2.75) is 19.8 Å². The topological polar surface area (TPSA) is 96.2 Å². The quantitative estimate of drug-likeness (QED) is 0.657. The number of aromatic nitrogens is 1. The molecule has 0 bridgehead atoms. The number of aromatic amines is 1. The Morgan fingerprint density at radius 3 is 2.74 bits per heavy atom. The monoisotopic (exact) mass is 266 g/mol. The Kier molecular flexibility index (Phi) is 3.20. The fourth-order valence-corrected chi connectivity index (χ4v) is 2.03. The lowest BCUT2D eigenvalue weighted by Gasteiger charge is -2.07. The number of hydrogen-bond acceptors (Lipinski definition) is 4. The Balaban J connectivity index is 2.96. The highest BCUT2D eigenvalue weighted by molar-refractivity contribution is 5.94. The van der Waals surface area contributed by atoms with E-state index in [-0.39, 0.29) is 22.9 Å². The number of pyridine rings is 1. The minimum absolute atomic E-state index is 0.0312. The first kappa shape index (κ1) is 13.0. The smallest absolute Gasteiger partial charge is 0.317 e. The van der Waals surface area contributed by atoms with Crippen LogP contribution in [0.4, 0.5) is 10.1 Å². The molecule has 2 N–H and O–H groups in total. The summed E-state index contributed by atoms with van der Waals surface area (Å²) in [5.41, 5.74) is -1.28. The second-order valence-electron chi connectivity index (χ2n) is 4.11. The van der Waals surface area contributed by atoms with Crippen LogP contribution in [0, 0.1) is 15.9 Å². The zero-order chi connectivity index (χ0) is 14.2. The summed E-state index contributed by atoms with van der Waals surface area (Å²) in [6, 6.07) is 2.07. The van der Waals surface area contributed by atoms with Crippen LogP contribution >= 0.6 is 0 Å². The first-order valence-electron chi connectivity index (χ1n) is 5.68. The van der Waals surface area contributed by atoms with Gasteiger partial charge >= 0.3 is 5.69 Å². The lowest BCUT2D eigenvalue weighted by Crippen LogP contribution is -2.13. The highest BCUT2D eigenvalue weighted by atomic mass is 19.1. The van der Waals surface area contributed by atoms with Gasteiger partial charge in [-0.3, -0.25) is 14.9 Å². The number of aromatic hydroxyl groups is 1. The number of nitro groups is 1. The molecule has 0 atom stereocenters. The number of nitrogens with one attached hydrogen (secondary N) is 1. The van der Waals surface area contributed by atoms with E-state index >= 15 is 0 Å². The predicted octanol–water partition coefficient (Wildman–Crippen LogP) is 2.23. The van der Waals surface area contributed by atoms with E-state index in [1.807, 2.05) is 0 Å². The number of hydrogen-bond donors (Lipinski definition) is 2. The van der Waals surface area contributed by atoms with Gasteiger partial charge in [-0.2, -0.15) is 4.39 Å². The fourth-order valence-electron chi connectivity index (χ4n) is 2.03. The van der Waals surface area contributed by atoms with E-state index in [4.69, 9.17) is 0 Å². The molecule has 6 nitrogen and oxygen atoms in total. The maximum absolute atomic E-state index is 13.5. The van der Waals surface area contributed by atoms with E-state index in [1.165, 1.54) is 6.07 Å². The van der Waals surface area contributed by atoms with Gasteiger partial charge in [0.05, 0.1) is 16.0 Å². The lowest BCUT2D eigenvalue weighted by atomic mass is 10.1. The summed E-state index contributed by atoms with van der Waals surface area (Å²) in [5.74, 6) is -1.57. The van der Waals surface area contributed by atoms with Crippen molar-refractivity contribution in [1.82, 2.24) is 4.98 Å². The van der Waals surface area contributed by atoms with Crippen LogP contribution in [0.3, 0.4) is 0 Å². The van der Waals surface area contributed by atoms with Crippen molar-refractivity contribution in [2.75, 3.05) is 0 Å². The van der Waals surface area contributed by atoms with Crippen molar-refractivity contribution in [2.24, 2.45) is 0 Å². The molecule has 0 aliphatic heterocycles. The summed E-state index contributed by atoms with van der Waals surface area (Å²) >= 11 is 0. The SMILES string of the molecule is CCCc1c(O)c2c([N+](=O)[O-])c(F)ccc2[nH]c1=O. The van der Waals surface area contributed by atoms with Gasteiger partial charge in [0.25, 0.3) is 5.56 Å². The zero-order valence-corrected chi connectivity index (χ0v) is 10.1. The highest BCUT2D eigenvalue weighted by Crippen LogP contribution is 2.35. The molecule has 100 valence electrons. The number of benzene rings is 1. The second-order valence-corrected chi connectivity index (χ2v) is 4.11. The van der Waals surface area contributed by atoms with E-state index in [0.29, 0.717) is 6.42 Å². The van der Waals surface area contributed by atoms with Crippen LogP contribution in [0.25, 0.3) is 10.9 Å². The third-order valence-corrected chi connectivity index (χ3v) is 2.86. The summed E-state index contributed by atoms with van der Waals surface area (Å²) in [6.45, 7) is 1.79. The summed E-state index contributed by atoms with van der Waals surface area (Å²) in [6.07, 6.45) is 0.829. The van der Waals surface area contributed by atoms with Crippen molar-refractivity contribution in [1.29, 1.82) is 0 Å². The predicted molar refractivity (Wildman–Crippen MR) is 66.8 cm³/mol. The molecule has 7 heteroatoms. The molecule has 1 heterocycles. The van der Waals surface area contributed by atoms with E-state index in [1.54, 1.807) is 6.92 Å². The van der Waals surface area contributed by atoms with Gasteiger partial charge < -0.3 is 10.1 Å². The molecule has 2 rings (SSSR count). The van der Waals surface area contributed by atoms with Crippen LogP contribution in [-0.2, 0) is 6.42 Å². The number of halogens is 1. The number of fused-ring (bicyclic) bond motifs is 1. The third kappa shape index (κ3) is 2.03. The Bertz CT molecular complexity index is 724. The fraction of sp³-hybridized carbons (Fsp3) is 0.250. The second kappa shape index (κ2) is 4.68. The first-order chi connectivity index (χ1) is 8.97. The van der Waals surface area contributed by atoms with Crippen LogP contribution in [0.2, 0.25) is 0 Å². The van der Waals surface area contributed by atoms with Gasteiger partial charge in [0, 0.05) is 0 Å². The molecule has 2 aromatic rings. The Morgan fingerprint density at radius 2 is 2.16 bits per heavy atom. The Hall–Kier alpha value is -2.44. The molecule has 0 aliphatic rings. The van der Waals surface area contributed by atoms with Crippen LogP contribution in [0.15, 0.2) is 16.9 Å². The minimum Gasteiger partial charge on any atom is -0.506 e. The number of rotatable bonds is 3. The summed E-state index contributed by atoms with van der Waals surface area (Å²) in [7, 11) is 0. The van der Waals surface area contributed by atoms with Gasteiger partial charge in [-0.05, 0) is 18.6 Å². The number of nitrogens with zero attached hydrogens (tertiary/aromatic N) is 1.